The molecule has 1 aromatic rings. The minimum absolute atomic E-state index is 0.103. The first-order valence-corrected chi connectivity index (χ1v) is 6.57. The molecule has 1 aliphatic heterocycles. The monoisotopic (exact) mass is 252 g/mol. The SMILES string of the molecule is Cc1ncc([N+](=O)[O-])n1CCCN1CCCCC1. The molecule has 0 spiro atoms. The van der Waals surface area contributed by atoms with Gasteiger partial charge in [0, 0.05) is 13.5 Å². The van der Waals surface area contributed by atoms with Crippen LogP contribution in [0.5, 0.6) is 0 Å². The predicted molar refractivity (Wildman–Crippen MR) is 68.5 cm³/mol. The van der Waals surface area contributed by atoms with E-state index in [1.165, 1.54) is 38.5 Å². The summed E-state index contributed by atoms with van der Waals surface area (Å²) < 4.78 is 1.70. The molecular formula is C12H20N4O2. The van der Waals surface area contributed by atoms with Crippen LogP contribution < -0.4 is 0 Å². The second kappa shape index (κ2) is 5.95. The lowest BCUT2D eigenvalue weighted by atomic mass is 10.1. The van der Waals surface area contributed by atoms with E-state index in [2.05, 4.69) is 9.88 Å². The van der Waals surface area contributed by atoms with Gasteiger partial charge in [-0.25, -0.2) is 9.55 Å². The Morgan fingerprint density at radius 1 is 1.33 bits per heavy atom. The number of hydrogen-bond acceptors (Lipinski definition) is 4. The number of rotatable bonds is 5. The number of aryl methyl sites for hydroxylation is 1. The van der Waals surface area contributed by atoms with E-state index < -0.39 is 0 Å². The van der Waals surface area contributed by atoms with Crippen LogP contribution in [-0.4, -0.2) is 39.0 Å². The van der Waals surface area contributed by atoms with E-state index in [0.717, 1.165) is 18.8 Å². The fourth-order valence-electron chi connectivity index (χ4n) is 2.51. The van der Waals surface area contributed by atoms with Gasteiger partial charge in [-0.1, -0.05) is 6.42 Å². The number of aromatic nitrogens is 2. The maximum atomic E-state index is 10.8. The van der Waals surface area contributed by atoms with Crippen LogP contribution in [0, 0.1) is 17.0 Å². The molecule has 0 unspecified atom stereocenters. The van der Waals surface area contributed by atoms with Crippen molar-refractivity contribution in [3.05, 3.63) is 22.1 Å². The van der Waals surface area contributed by atoms with Crippen molar-refractivity contribution in [1.82, 2.24) is 14.5 Å². The maximum Gasteiger partial charge on any atom is 0.342 e. The Balaban J connectivity index is 1.85. The topological polar surface area (TPSA) is 64.2 Å². The molecule has 18 heavy (non-hydrogen) atoms. The molecule has 1 aromatic heterocycles. The van der Waals surface area contributed by atoms with Crippen LogP contribution in [0.3, 0.4) is 0 Å². The first kappa shape index (κ1) is 13.0. The fourth-order valence-corrected chi connectivity index (χ4v) is 2.51. The minimum atomic E-state index is -0.360. The standard InChI is InChI=1S/C12H20N4O2/c1-11-13-10-12(16(17)18)15(11)9-5-8-14-6-3-2-4-7-14/h10H,2-9H2,1H3. The van der Waals surface area contributed by atoms with Crippen molar-refractivity contribution in [2.75, 3.05) is 19.6 Å². The highest BCUT2D eigenvalue weighted by Gasteiger charge is 2.17. The Morgan fingerprint density at radius 3 is 2.72 bits per heavy atom. The molecule has 6 nitrogen and oxygen atoms in total. The van der Waals surface area contributed by atoms with Gasteiger partial charge >= 0.3 is 5.82 Å². The molecule has 0 atom stereocenters. The highest BCUT2D eigenvalue weighted by molar-refractivity contribution is 5.18. The number of likely N-dealkylation sites (tertiary alicyclic amines) is 1. The highest BCUT2D eigenvalue weighted by Crippen LogP contribution is 2.15. The van der Waals surface area contributed by atoms with E-state index in [9.17, 15) is 10.1 Å². The molecular weight excluding hydrogens is 232 g/mol. The number of piperidine rings is 1. The van der Waals surface area contributed by atoms with E-state index >= 15 is 0 Å². The Hall–Kier alpha value is -1.43. The summed E-state index contributed by atoms with van der Waals surface area (Å²) in [5, 5.41) is 10.8. The number of nitrogens with zero attached hydrogens (tertiary/aromatic N) is 4. The molecule has 1 fully saturated rings. The first-order valence-electron chi connectivity index (χ1n) is 6.57. The third-order valence-corrected chi connectivity index (χ3v) is 3.53. The average Bonchev–Trinajstić information content (AvgIpc) is 2.73. The van der Waals surface area contributed by atoms with E-state index in [1.807, 2.05) is 6.92 Å². The summed E-state index contributed by atoms with van der Waals surface area (Å²) >= 11 is 0. The molecule has 0 aromatic carbocycles. The molecule has 0 radical (unpaired) electrons. The summed E-state index contributed by atoms with van der Waals surface area (Å²) in [7, 11) is 0. The molecule has 0 bridgehead atoms. The van der Waals surface area contributed by atoms with Gasteiger partial charge in [0.1, 0.15) is 6.20 Å². The molecule has 1 saturated heterocycles. The summed E-state index contributed by atoms with van der Waals surface area (Å²) in [4.78, 5) is 16.9. The largest absolute Gasteiger partial charge is 0.358 e. The Labute approximate surface area is 107 Å². The van der Waals surface area contributed by atoms with E-state index in [1.54, 1.807) is 4.57 Å². The van der Waals surface area contributed by atoms with Gasteiger partial charge in [-0.2, -0.15) is 0 Å². The maximum absolute atomic E-state index is 10.8. The van der Waals surface area contributed by atoms with Crippen LogP contribution in [0.1, 0.15) is 31.5 Å². The summed E-state index contributed by atoms with van der Waals surface area (Å²) in [5.41, 5.74) is 0. The second-order valence-corrected chi connectivity index (χ2v) is 4.83. The normalized spacial score (nSPS) is 16.9. The van der Waals surface area contributed by atoms with Crippen LogP contribution in [0.25, 0.3) is 0 Å². The lowest BCUT2D eigenvalue weighted by molar-refractivity contribution is -0.392. The molecule has 2 heterocycles. The Kier molecular flexibility index (Phi) is 4.30. The van der Waals surface area contributed by atoms with Crippen molar-refractivity contribution in [1.29, 1.82) is 0 Å². The van der Waals surface area contributed by atoms with Gasteiger partial charge in [0.25, 0.3) is 0 Å². The minimum Gasteiger partial charge on any atom is -0.358 e. The van der Waals surface area contributed by atoms with Crippen LogP contribution in [-0.2, 0) is 6.54 Å². The number of imidazole rings is 1. The molecule has 6 heteroatoms. The van der Waals surface area contributed by atoms with Gasteiger partial charge in [0.05, 0.1) is 6.54 Å². The Morgan fingerprint density at radius 2 is 2.06 bits per heavy atom. The molecule has 0 saturated carbocycles. The van der Waals surface area contributed by atoms with Crippen molar-refractivity contribution in [3.63, 3.8) is 0 Å². The van der Waals surface area contributed by atoms with E-state index in [0.29, 0.717) is 6.54 Å². The van der Waals surface area contributed by atoms with Gasteiger partial charge in [-0.05, 0) is 37.3 Å². The van der Waals surface area contributed by atoms with Crippen molar-refractivity contribution < 1.29 is 4.92 Å². The molecule has 1 aliphatic rings. The lowest BCUT2D eigenvalue weighted by Gasteiger charge is -2.25. The summed E-state index contributed by atoms with van der Waals surface area (Å²) in [6.45, 7) is 5.86. The molecule has 0 amide bonds. The van der Waals surface area contributed by atoms with Gasteiger partial charge < -0.3 is 15.0 Å². The second-order valence-electron chi connectivity index (χ2n) is 4.83. The fraction of sp³-hybridized carbons (Fsp3) is 0.750. The van der Waals surface area contributed by atoms with Gasteiger partial charge in [0.15, 0.2) is 5.82 Å². The molecule has 0 N–H and O–H groups in total. The summed E-state index contributed by atoms with van der Waals surface area (Å²) in [6.07, 6.45) is 6.19. The Bertz CT molecular complexity index is 410. The van der Waals surface area contributed by atoms with E-state index in [4.69, 9.17) is 0 Å². The first-order chi connectivity index (χ1) is 8.68. The average molecular weight is 252 g/mol. The lowest BCUT2D eigenvalue weighted by Crippen LogP contribution is -2.31. The van der Waals surface area contributed by atoms with Crippen molar-refractivity contribution >= 4 is 5.82 Å². The van der Waals surface area contributed by atoms with Gasteiger partial charge in [-0.3, -0.25) is 0 Å². The van der Waals surface area contributed by atoms with Crippen molar-refractivity contribution in [2.45, 2.75) is 39.2 Å². The third kappa shape index (κ3) is 3.07. The van der Waals surface area contributed by atoms with E-state index in [-0.39, 0.29) is 10.7 Å². The molecule has 100 valence electrons. The smallest absolute Gasteiger partial charge is 0.342 e. The zero-order valence-electron chi connectivity index (χ0n) is 10.8. The van der Waals surface area contributed by atoms with Gasteiger partial charge in [-0.15, -0.1) is 0 Å². The van der Waals surface area contributed by atoms with Crippen LogP contribution in [0.2, 0.25) is 0 Å². The summed E-state index contributed by atoms with van der Waals surface area (Å²) in [6, 6.07) is 0. The number of hydrogen-bond donors (Lipinski definition) is 0. The summed E-state index contributed by atoms with van der Waals surface area (Å²) in [5.74, 6) is 0.825. The van der Waals surface area contributed by atoms with Crippen LogP contribution >= 0.6 is 0 Å². The zero-order valence-corrected chi connectivity index (χ0v) is 10.8. The third-order valence-electron chi connectivity index (χ3n) is 3.53. The number of nitro groups is 1. The van der Waals surface area contributed by atoms with Crippen molar-refractivity contribution in [2.24, 2.45) is 0 Å². The van der Waals surface area contributed by atoms with Crippen LogP contribution in [0.15, 0.2) is 6.20 Å². The van der Waals surface area contributed by atoms with Crippen LogP contribution in [0.4, 0.5) is 5.82 Å². The zero-order chi connectivity index (χ0) is 13.0. The highest BCUT2D eigenvalue weighted by atomic mass is 16.6. The molecule has 2 rings (SSSR count). The predicted octanol–water partition coefficient (Wildman–Crippen LogP) is 1.98. The van der Waals surface area contributed by atoms with Gasteiger partial charge in [0.2, 0.25) is 0 Å². The van der Waals surface area contributed by atoms with Crippen molar-refractivity contribution in [3.8, 4) is 0 Å². The quantitative estimate of drug-likeness (QED) is 0.593. The molecule has 0 aliphatic carbocycles.